The summed E-state index contributed by atoms with van der Waals surface area (Å²) < 4.78 is 12.9. The summed E-state index contributed by atoms with van der Waals surface area (Å²) in [5.41, 5.74) is 1.76. The molecule has 4 aromatic heterocycles. The predicted molar refractivity (Wildman–Crippen MR) is 96.0 cm³/mol. The molecule has 1 fully saturated rings. The number of hydrogen-bond acceptors (Lipinski definition) is 7. The summed E-state index contributed by atoms with van der Waals surface area (Å²) in [4.78, 5) is 22.2. The van der Waals surface area contributed by atoms with E-state index in [1.165, 1.54) is 10.6 Å². The van der Waals surface area contributed by atoms with Gasteiger partial charge in [-0.05, 0) is 24.3 Å². The van der Waals surface area contributed by atoms with Crippen molar-refractivity contribution in [3.63, 3.8) is 0 Å². The highest BCUT2D eigenvalue weighted by atomic mass is 16.5. The second kappa shape index (κ2) is 6.06. The number of carbonyl (C=O) groups is 1. The number of aromatic carboxylic acids is 1. The summed E-state index contributed by atoms with van der Waals surface area (Å²) >= 11 is 0. The Labute approximate surface area is 152 Å². The Morgan fingerprint density at radius 1 is 1.15 bits per heavy atom. The maximum atomic E-state index is 11.2. The first-order valence-corrected chi connectivity index (χ1v) is 8.50. The standard InChI is InChI=1S/C18H15N5O4/c24-18(25)12-1-2-16-20-10-13(23(16)21-12)15-9-11-14(27-15)3-4-19-17(11)22-5-7-26-8-6-22/h1-4,9-10H,5-8H2,(H,24,25). The molecule has 5 rings (SSSR count). The van der Waals surface area contributed by atoms with Crippen LogP contribution >= 0.6 is 0 Å². The molecule has 1 aliphatic rings. The van der Waals surface area contributed by atoms with Crippen LogP contribution < -0.4 is 4.90 Å². The van der Waals surface area contributed by atoms with Crippen LogP contribution in [0.5, 0.6) is 0 Å². The highest BCUT2D eigenvalue weighted by molar-refractivity contribution is 5.92. The van der Waals surface area contributed by atoms with E-state index in [1.54, 1.807) is 18.5 Å². The van der Waals surface area contributed by atoms with E-state index in [4.69, 9.17) is 9.15 Å². The molecule has 136 valence electrons. The molecule has 0 radical (unpaired) electrons. The van der Waals surface area contributed by atoms with Gasteiger partial charge in [-0.3, -0.25) is 0 Å². The average Bonchev–Trinajstić information content (AvgIpc) is 3.31. The summed E-state index contributed by atoms with van der Waals surface area (Å²) in [7, 11) is 0. The van der Waals surface area contributed by atoms with Gasteiger partial charge in [0.15, 0.2) is 17.1 Å². The number of hydrogen-bond donors (Lipinski definition) is 1. The number of carboxylic acids is 1. The van der Waals surface area contributed by atoms with E-state index >= 15 is 0 Å². The van der Waals surface area contributed by atoms with Crippen LogP contribution in [0.1, 0.15) is 10.5 Å². The van der Waals surface area contributed by atoms with Crippen LogP contribution in [0.25, 0.3) is 28.1 Å². The van der Waals surface area contributed by atoms with Crippen molar-refractivity contribution in [2.45, 2.75) is 0 Å². The lowest BCUT2D eigenvalue weighted by atomic mass is 10.2. The quantitative estimate of drug-likeness (QED) is 0.588. The van der Waals surface area contributed by atoms with Crippen LogP contribution in [-0.2, 0) is 4.74 Å². The first-order chi connectivity index (χ1) is 13.2. The van der Waals surface area contributed by atoms with Crippen LogP contribution in [0, 0.1) is 0 Å². The molecule has 0 unspecified atom stereocenters. The Hall–Kier alpha value is -3.46. The highest BCUT2D eigenvalue weighted by Gasteiger charge is 2.20. The van der Waals surface area contributed by atoms with E-state index in [-0.39, 0.29) is 5.69 Å². The second-order valence-electron chi connectivity index (χ2n) is 6.19. The fourth-order valence-corrected chi connectivity index (χ4v) is 3.26. The fraction of sp³-hybridized carbons (Fsp3) is 0.222. The summed E-state index contributed by atoms with van der Waals surface area (Å²) in [6.07, 6.45) is 3.34. The highest BCUT2D eigenvalue weighted by Crippen LogP contribution is 2.33. The Morgan fingerprint density at radius 2 is 2.00 bits per heavy atom. The number of imidazole rings is 1. The first kappa shape index (κ1) is 15.8. The monoisotopic (exact) mass is 365 g/mol. The zero-order valence-corrected chi connectivity index (χ0v) is 14.2. The molecule has 0 bridgehead atoms. The van der Waals surface area contributed by atoms with E-state index in [0.717, 1.165) is 24.3 Å². The van der Waals surface area contributed by atoms with Crippen LogP contribution in [0.3, 0.4) is 0 Å². The number of pyridine rings is 1. The molecule has 4 aromatic rings. The zero-order chi connectivity index (χ0) is 18.4. The number of nitrogens with zero attached hydrogens (tertiary/aromatic N) is 5. The summed E-state index contributed by atoms with van der Waals surface area (Å²) in [5, 5.41) is 14.2. The lowest BCUT2D eigenvalue weighted by Crippen LogP contribution is -2.36. The maximum Gasteiger partial charge on any atom is 0.356 e. The van der Waals surface area contributed by atoms with Gasteiger partial charge < -0.3 is 19.2 Å². The van der Waals surface area contributed by atoms with E-state index in [1.807, 2.05) is 12.1 Å². The number of ether oxygens (including phenoxy) is 1. The third kappa shape index (κ3) is 2.59. The molecule has 0 amide bonds. The van der Waals surface area contributed by atoms with Gasteiger partial charge in [0.05, 0.1) is 24.8 Å². The summed E-state index contributed by atoms with van der Waals surface area (Å²) in [6.45, 7) is 2.87. The van der Waals surface area contributed by atoms with Gasteiger partial charge in [0, 0.05) is 19.3 Å². The van der Waals surface area contributed by atoms with E-state index in [0.29, 0.717) is 35.9 Å². The van der Waals surface area contributed by atoms with Gasteiger partial charge in [-0.15, -0.1) is 0 Å². The van der Waals surface area contributed by atoms with Crippen LogP contribution in [0.2, 0.25) is 0 Å². The van der Waals surface area contributed by atoms with Crippen molar-refractivity contribution in [2.75, 3.05) is 31.2 Å². The van der Waals surface area contributed by atoms with Gasteiger partial charge in [-0.1, -0.05) is 0 Å². The van der Waals surface area contributed by atoms with Crippen molar-refractivity contribution in [3.8, 4) is 11.5 Å². The minimum absolute atomic E-state index is 0.0615. The van der Waals surface area contributed by atoms with Gasteiger partial charge >= 0.3 is 5.97 Å². The minimum Gasteiger partial charge on any atom is -0.476 e. The van der Waals surface area contributed by atoms with E-state index in [9.17, 15) is 9.90 Å². The van der Waals surface area contributed by atoms with Crippen molar-refractivity contribution in [3.05, 3.63) is 42.4 Å². The first-order valence-electron chi connectivity index (χ1n) is 8.50. The lowest BCUT2D eigenvalue weighted by molar-refractivity contribution is 0.0689. The molecular weight excluding hydrogens is 350 g/mol. The number of aromatic nitrogens is 4. The van der Waals surface area contributed by atoms with Gasteiger partial charge in [0.2, 0.25) is 0 Å². The van der Waals surface area contributed by atoms with Crippen molar-refractivity contribution in [1.29, 1.82) is 0 Å². The van der Waals surface area contributed by atoms with Gasteiger partial charge in [-0.25, -0.2) is 19.3 Å². The topological polar surface area (TPSA) is 106 Å². The molecular formula is C18H15N5O4. The molecule has 9 heteroatoms. The number of carboxylic acid groups (broad SMARTS) is 1. The molecule has 1 aliphatic heterocycles. The van der Waals surface area contributed by atoms with Gasteiger partial charge in [0.1, 0.15) is 17.1 Å². The smallest absolute Gasteiger partial charge is 0.356 e. The average molecular weight is 365 g/mol. The van der Waals surface area contributed by atoms with Gasteiger partial charge in [0.25, 0.3) is 0 Å². The Balaban J connectivity index is 1.64. The molecule has 1 N–H and O–H groups in total. The van der Waals surface area contributed by atoms with Crippen LogP contribution in [0.15, 0.2) is 41.1 Å². The second-order valence-corrected chi connectivity index (χ2v) is 6.19. The maximum absolute atomic E-state index is 11.2. The lowest BCUT2D eigenvalue weighted by Gasteiger charge is -2.28. The molecule has 0 atom stereocenters. The predicted octanol–water partition coefficient (Wildman–Crippen LogP) is 2.07. The van der Waals surface area contributed by atoms with Crippen LogP contribution in [-0.4, -0.2) is 57.0 Å². The van der Waals surface area contributed by atoms with Crippen molar-refractivity contribution >= 4 is 28.4 Å². The molecule has 0 aromatic carbocycles. The number of fused-ring (bicyclic) bond motifs is 2. The summed E-state index contributed by atoms with van der Waals surface area (Å²) in [5.74, 6) is 0.300. The van der Waals surface area contributed by atoms with Crippen molar-refractivity contribution < 1.29 is 19.1 Å². The van der Waals surface area contributed by atoms with E-state index < -0.39 is 5.97 Å². The molecule has 27 heavy (non-hydrogen) atoms. The molecule has 0 saturated carbocycles. The molecule has 0 spiro atoms. The third-order valence-electron chi connectivity index (χ3n) is 4.57. The Bertz CT molecular complexity index is 1160. The van der Waals surface area contributed by atoms with Crippen molar-refractivity contribution in [1.82, 2.24) is 19.6 Å². The number of anilines is 1. The summed E-state index contributed by atoms with van der Waals surface area (Å²) in [6, 6.07) is 6.74. The minimum atomic E-state index is -1.10. The third-order valence-corrected chi connectivity index (χ3v) is 4.57. The normalized spacial score (nSPS) is 14.9. The number of furan rings is 1. The molecule has 0 aliphatic carbocycles. The number of rotatable bonds is 3. The Kier molecular flexibility index (Phi) is 3.54. The molecule has 9 nitrogen and oxygen atoms in total. The molecule has 1 saturated heterocycles. The van der Waals surface area contributed by atoms with Crippen molar-refractivity contribution in [2.24, 2.45) is 0 Å². The Morgan fingerprint density at radius 3 is 2.81 bits per heavy atom. The van der Waals surface area contributed by atoms with E-state index in [2.05, 4.69) is 20.0 Å². The number of morpholine rings is 1. The van der Waals surface area contributed by atoms with Crippen LogP contribution in [0.4, 0.5) is 5.82 Å². The zero-order valence-electron chi connectivity index (χ0n) is 14.2. The molecule has 5 heterocycles. The van der Waals surface area contributed by atoms with Gasteiger partial charge in [-0.2, -0.15) is 5.10 Å². The largest absolute Gasteiger partial charge is 0.476 e. The SMILES string of the molecule is O=C(O)c1ccc2ncc(-c3cc4c(N5CCOCC5)nccc4o3)n2n1. The fourth-order valence-electron chi connectivity index (χ4n) is 3.26.